The minimum atomic E-state index is -0.968. The molecule has 0 amide bonds. The lowest BCUT2D eigenvalue weighted by Crippen LogP contribution is -2.31. The van der Waals surface area contributed by atoms with Crippen molar-refractivity contribution in [3.63, 3.8) is 0 Å². The van der Waals surface area contributed by atoms with Crippen molar-refractivity contribution in [1.29, 1.82) is 0 Å². The molecule has 0 saturated carbocycles. The van der Waals surface area contributed by atoms with Gasteiger partial charge in [-0.3, -0.25) is 4.79 Å². The second-order valence-electron chi connectivity index (χ2n) is 14.4. The van der Waals surface area contributed by atoms with Gasteiger partial charge in [-0.05, 0) is 110 Å². The van der Waals surface area contributed by atoms with E-state index in [1.54, 1.807) is 25.2 Å². The molecule has 2 radical (unpaired) electrons. The van der Waals surface area contributed by atoms with Gasteiger partial charge in [0, 0.05) is 4.88 Å². The van der Waals surface area contributed by atoms with Gasteiger partial charge in [-0.25, -0.2) is 0 Å². The van der Waals surface area contributed by atoms with E-state index in [9.17, 15) is 9.90 Å². The summed E-state index contributed by atoms with van der Waals surface area (Å²) in [7, 11) is -1.91. The SMILES string of the molecule is CC/C(=C\CC(C)(C)C(=O)O)c1csc(COc2ccc(C(O[Si](C)C)C(C)(C)C)c(C(O[Si](C)C)C(C)(C)C)c2)c1. The maximum absolute atomic E-state index is 11.6. The molecule has 2 rings (SSSR count). The number of hydrogen-bond acceptors (Lipinski definition) is 5. The van der Waals surface area contributed by atoms with Crippen LogP contribution in [0.15, 0.2) is 35.7 Å². The van der Waals surface area contributed by atoms with Crippen LogP contribution in [0.25, 0.3) is 5.57 Å². The smallest absolute Gasteiger partial charge is 0.309 e. The monoisotopic (exact) mass is 630 g/mol. The van der Waals surface area contributed by atoms with E-state index in [2.05, 4.69) is 110 Å². The normalized spacial score (nSPS) is 14.9. The standard InChI is InChI=1S/C34H54O5SSi2/c1-14-23(17-18-34(8,9)31(35)36)24-19-26(40-22-24)21-37-25-15-16-27(29(32(2,3)4)38-41(10)11)28(20-25)30(33(5,6)7)39-42(12)13/h15-17,19-20,22,29-30H,14,18,21H2,1-13H3,(H,35,36)/b23-17+. The molecule has 0 bridgehead atoms. The number of allylic oxidation sites excluding steroid dienone is 2. The van der Waals surface area contributed by atoms with Crippen LogP contribution in [0.4, 0.5) is 0 Å². The molecule has 0 saturated heterocycles. The molecule has 1 N–H and O–H groups in total. The zero-order valence-corrected chi connectivity index (χ0v) is 31.0. The Bertz CT molecular complexity index is 1200. The predicted octanol–water partition coefficient (Wildman–Crippen LogP) is 10.3. The van der Waals surface area contributed by atoms with E-state index in [0.717, 1.165) is 28.2 Å². The molecule has 8 heteroatoms. The van der Waals surface area contributed by atoms with Gasteiger partial charge in [0.15, 0.2) is 0 Å². The lowest BCUT2D eigenvalue weighted by atomic mass is 9.77. The maximum Gasteiger partial charge on any atom is 0.309 e. The molecule has 0 aliphatic heterocycles. The van der Waals surface area contributed by atoms with Crippen LogP contribution in [0, 0.1) is 16.2 Å². The first kappa shape index (κ1) is 36.5. The number of carboxylic acids is 1. The molecule has 2 unspecified atom stereocenters. The van der Waals surface area contributed by atoms with E-state index in [1.165, 1.54) is 11.1 Å². The van der Waals surface area contributed by atoms with Crippen molar-refractivity contribution in [3.05, 3.63) is 57.3 Å². The summed E-state index contributed by atoms with van der Waals surface area (Å²) in [6.45, 7) is 28.3. The largest absolute Gasteiger partial charge is 0.488 e. The fourth-order valence-electron chi connectivity index (χ4n) is 4.70. The first-order valence-electron chi connectivity index (χ1n) is 15.0. The Morgan fingerprint density at radius 1 is 0.905 bits per heavy atom. The minimum Gasteiger partial charge on any atom is -0.488 e. The molecular formula is C34H54O5SSi2. The van der Waals surface area contributed by atoms with E-state index >= 15 is 0 Å². The van der Waals surface area contributed by atoms with Crippen LogP contribution in [-0.4, -0.2) is 29.2 Å². The van der Waals surface area contributed by atoms with Crippen LogP contribution in [-0.2, 0) is 20.3 Å². The van der Waals surface area contributed by atoms with Crippen molar-refractivity contribution < 1.29 is 23.5 Å². The molecule has 1 aromatic heterocycles. The van der Waals surface area contributed by atoms with E-state index < -0.39 is 29.5 Å². The topological polar surface area (TPSA) is 65.0 Å². The molecule has 0 aliphatic rings. The first-order chi connectivity index (χ1) is 19.3. The van der Waals surface area contributed by atoms with Crippen molar-refractivity contribution >= 4 is 41.0 Å². The Hall–Kier alpha value is -1.72. The molecular weight excluding hydrogens is 577 g/mol. The number of rotatable bonds is 14. The molecule has 234 valence electrons. The quantitative estimate of drug-likeness (QED) is 0.210. The number of ether oxygens (including phenoxy) is 1. The first-order valence-corrected chi connectivity index (χ1v) is 20.7. The summed E-state index contributed by atoms with van der Waals surface area (Å²) in [5.74, 6) is 0.0440. The maximum atomic E-state index is 11.6. The van der Waals surface area contributed by atoms with Gasteiger partial charge in [0.05, 0.1) is 17.6 Å². The van der Waals surface area contributed by atoms with E-state index in [0.29, 0.717) is 13.0 Å². The highest BCUT2D eigenvalue weighted by Crippen LogP contribution is 2.46. The number of carbonyl (C=O) groups is 1. The minimum absolute atomic E-state index is 0.0477. The van der Waals surface area contributed by atoms with E-state index in [-0.39, 0.29) is 23.0 Å². The fourth-order valence-corrected chi connectivity index (χ4v) is 7.43. The van der Waals surface area contributed by atoms with Gasteiger partial charge in [-0.15, -0.1) is 11.3 Å². The summed E-state index contributed by atoms with van der Waals surface area (Å²) in [4.78, 5) is 12.7. The summed E-state index contributed by atoms with van der Waals surface area (Å²) in [5.41, 5.74) is 3.67. The van der Waals surface area contributed by atoms with Crippen molar-refractivity contribution in [2.24, 2.45) is 16.2 Å². The van der Waals surface area contributed by atoms with Crippen LogP contribution < -0.4 is 4.74 Å². The van der Waals surface area contributed by atoms with Gasteiger partial charge in [0.2, 0.25) is 18.1 Å². The average molecular weight is 631 g/mol. The van der Waals surface area contributed by atoms with Crippen LogP contribution in [0.2, 0.25) is 26.2 Å². The predicted molar refractivity (Wildman–Crippen MR) is 181 cm³/mol. The fraction of sp³-hybridized carbons (Fsp3) is 0.618. The van der Waals surface area contributed by atoms with Gasteiger partial charge < -0.3 is 18.7 Å². The zero-order valence-electron chi connectivity index (χ0n) is 28.2. The molecule has 0 fully saturated rings. The highest BCUT2D eigenvalue weighted by molar-refractivity contribution is 7.10. The molecule has 1 heterocycles. The summed E-state index contributed by atoms with van der Waals surface area (Å²) in [5, 5.41) is 11.6. The third-order valence-corrected chi connectivity index (χ3v) is 9.45. The van der Waals surface area contributed by atoms with E-state index in [4.69, 9.17) is 13.6 Å². The third-order valence-electron chi connectivity index (χ3n) is 7.13. The number of thiophene rings is 1. The second-order valence-corrected chi connectivity index (χ2v) is 19.5. The van der Waals surface area contributed by atoms with Crippen LogP contribution in [0.1, 0.15) is 109 Å². The summed E-state index contributed by atoms with van der Waals surface area (Å²) in [6, 6.07) is 8.60. The number of carboxylic acid groups (broad SMARTS) is 1. The highest BCUT2D eigenvalue weighted by Gasteiger charge is 2.36. The number of benzene rings is 1. The third kappa shape index (κ3) is 10.5. The average Bonchev–Trinajstić information content (AvgIpc) is 3.32. The molecule has 0 spiro atoms. The van der Waals surface area contributed by atoms with Crippen molar-refractivity contribution in [1.82, 2.24) is 0 Å². The van der Waals surface area contributed by atoms with Crippen molar-refractivity contribution in [2.75, 3.05) is 0 Å². The van der Waals surface area contributed by atoms with Gasteiger partial charge in [-0.2, -0.15) is 0 Å². The van der Waals surface area contributed by atoms with E-state index in [1.807, 2.05) is 0 Å². The highest BCUT2D eigenvalue weighted by atomic mass is 32.1. The molecule has 0 aliphatic carbocycles. The molecule has 2 aromatic rings. The molecule has 5 nitrogen and oxygen atoms in total. The summed E-state index contributed by atoms with van der Waals surface area (Å²) >= 11 is 1.67. The van der Waals surface area contributed by atoms with Gasteiger partial charge in [0.1, 0.15) is 12.4 Å². The Labute approximate surface area is 263 Å². The molecule has 1 aromatic carbocycles. The number of aliphatic carboxylic acids is 1. The van der Waals surface area contributed by atoms with Crippen LogP contribution in [0.3, 0.4) is 0 Å². The number of hydrogen-bond donors (Lipinski definition) is 1. The van der Waals surface area contributed by atoms with Gasteiger partial charge in [-0.1, -0.05) is 60.6 Å². The Kier molecular flexibility index (Phi) is 12.9. The summed E-state index contributed by atoms with van der Waals surface area (Å²) < 4.78 is 19.7. The lowest BCUT2D eigenvalue weighted by Gasteiger charge is -2.39. The Balaban J connectivity index is 2.43. The lowest BCUT2D eigenvalue weighted by molar-refractivity contribution is -0.146. The van der Waals surface area contributed by atoms with Crippen molar-refractivity contribution in [2.45, 2.75) is 120 Å². The Morgan fingerprint density at radius 2 is 1.45 bits per heavy atom. The van der Waals surface area contributed by atoms with Crippen LogP contribution >= 0.6 is 11.3 Å². The summed E-state index contributed by atoms with van der Waals surface area (Å²) in [6.07, 6.45) is 3.28. The van der Waals surface area contributed by atoms with Crippen LogP contribution in [0.5, 0.6) is 5.75 Å². The Morgan fingerprint density at radius 3 is 1.93 bits per heavy atom. The van der Waals surface area contributed by atoms with Crippen molar-refractivity contribution in [3.8, 4) is 5.75 Å². The molecule has 42 heavy (non-hydrogen) atoms. The van der Waals surface area contributed by atoms with Gasteiger partial charge in [0.25, 0.3) is 0 Å². The molecule has 2 atom stereocenters. The zero-order chi connectivity index (χ0) is 32.0. The van der Waals surface area contributed by atoms with Gasteiger partial charge >= 0.3 is 5.97 Å². The second kappa shape index (κ2) is 14.8.